The van der Waals surface area contributed by atoms with E-state index in [0.717, 1.165) is 0 Å². The average Bonchev–Trinajstić information content (AvgIpc) is 2.44. The van der Waals surface area contributed by atoms with Crippen LogP contribution in [0.4, 0.5) is 4.79 Å². The van der Waals surface area contributed by atoms with Crippen LogP contribution in [0.2, 0.25) is 0 Å². The summed E-state index contributed by atoms with van der Waals surface area (Å²) in [5.74, 6) is 0. The number of amides is 2. The van der Waals surface area contributed by atoms with E-state index in [1.165, 1.54) is 0 Å². The van der Waals surface area contributed by atoms with E-state index in [-0.39, 0.29) is 0 Å². The Hall–Kier alpha value is -0.940. The van der Waals surface area contributed by atoms with Gasteiger partial charge in [0, 0.05) is 12.8 Å². The fourth-order valence-corrected chi connectivity index (χ4v) is 1.64. The van der Waals surface area contributed by atoms with E-state index in [2.05, 4.69) is 0 Å². The lowest BCUT2D eigenvalue weighted by molar-refractivity contribution is -0.812. The van der Waals surface area contributed by atoms with Crippen LogP contribution in [-0.2, 0) is 9.53 Å². The summed E-state index contributed by atoms with van der Waals surface area (Å²) >= 11 is 0. The Labute approximate surface area is 89.2 Å². The molecular weight excluding hydrogens is 198 g/mol. The van der Waals surface area contributed by atoms with Gasteiger partial charge in [0.05, 0.1) is 6.54 Å². The zero-order valence-electron chi connectivity index (χ0n) is 9.40. The molecule has 0 aromatic carbocycles. The number of hydrogen-bond acceptors (Lipinski definition) is 4. The molecule has 0 aromatic heterocycles. The van der Waals surface area contributed by atoms with Crippen molar-refractivity contribution >= 4 is 12.5 Å². The molecule has 0 saturated carbocycles. The predicted octanol–water partition coefficient (Wildman–Crippen LogP) is 1.01. The maximum absolute atomic E-state index is 11.8. The van der Waals surface area contributed by atoms with Gasteiger partial charge < -0.3 is 9.84 Å². The second-order valence-electron chi connectivity index (χ2n) is 4.86. The highest BCUT2D eigenvalue weighted by Gasteiger charge is 2.50. The molecule has 1 aliphatic heterocycles. The van der Waals surface area contributed by atoms with Crippen molar-refractivity contribution in [3.63, 3.8) is 0 Å². The first kappa shape index (κ1) is 12.1. The second-order valence-corrected chi connectivity index (χ2v) is 4.86. The van der Waals surface area contributed by atoms with Gasteiger partial charge in [-0.1, -0.05) is 0 Å². The van der Waals surface area contributed by atoms with Gasteiger partial charge in [0.25, 0.3) is 0 Å². The van der Waals surface area contributed by atoms with Crippen LogP contribution in [0.25, 0.3) is 0 Å². The molecule has 2 unspecified atom stereocenters. The van der Waals surface area contributed by atoms with Gasteiger partial charge in [-0.15, -0.1) is 4.48 Å². The van der Waals surface area contributed by atoms with E-state index in [9.17, 15) is 14.7 Å². The molecule has 1 fully saturated rings. The molecular formula is C10H18NO4+. The van der Waals surface area contributed by atoms with Gasteiger partial charge in [-0.2, -0.15) is 4.79 Å². The van der Waals surface area contributed by atoms with Crippen molar-refractivity contribution in [2.75, 3.05) is 6.54 Å². The Morgan fingerprint density at radius 2 is 2.13 bits per heavy atom. The van der Waals surface area contributed by atoms with Crippen molar-refractivity contribution in [1.29, 1.82) is 0 Å². The van der Waals surface area contributed by atoms with Crippen LogP contribution in [0.1, 0.15) is 33.6 Å². The molecule has 1 rings (SSSR count). The fourth-order valence-electron chi connectivity index (χ4n) is 1.64. The standard InChI is InChI=1S/C10H18NO4/c1-10(2,3)15-9(14)11(7-12)6-4-5-8(11)13/h7-8,13H,4-6H2,1-3H3/q+1. The third-order valence-electron chi connectivity index (χ3n) is 2.44. The van der Waals surface area contributed by atoms with Gasteiger partial charge >= 0.3 is 12.5 Å². The molecule has 86 valence electrons. The number of carbonyl (C=O) groups excluding carboxylic acids is 2. The van der Waals surface area contributed by atoms with Crippen LogP contribution in [-0.4, -0.2) is 40.5 Å². The maximum atomic E-state index is 11.8. The van der Waals surface area contributed by atoms with Crippen molar-refractivity contribution < 1.29 is 23.9 Å². The second kappa shape index (κ2) is 3.90. The van der Waals surface area contributed by atoms with E-state index in [4.69, 9.17) is 4.74 Å². The Balaban J connectivity index is 2.83. The molecule has 0 aromatic rings. The Kier molecular flexibility index (Phi) is 3.16. The van der Waals surface area contributed by atoms with Crippen molar-refractivity contribution in [2.24, 2.45) is 0 Å². The fraction of sp³-hybridized carbons (Fsp3) is 0.800. The molecule has 2 atom stereocenters. The lowest BCUT2D eigenvalue weighted by Crippen LogP contribution is -2.56. The Morgan fingerprint density at radius 3 is 2.47 bits per heavy atom. The van der Waals surface area contributed by atoms with Crippen LogP contribution in [0.15, 0.2) is 0 Å². The summed E-state index contributed by atoms with van der Waals surface area (Å²) < 4.78 is 4.51. The first-order valence-corrected chi connectivity index (χ1v) is 5.07. The summed E-state index contributed by atoms with van der Waals surface area (Å²) in [6.45, 7) is 5.51. The summed E-state index contributed by atoms with van der Waals surface area (Å²) in [5.41, 5.74) is -0.645. The summed E-state index contributed by atoms with van der Waals surface area (Å²) in [6.07, 6.45) is -0.0390. The van der Waals surface area contributed by atoms with Gasteiger partial charge in [-0.3, -0.25) is 0 Å². The van der Waals surface area contributed by atoms with Crippen LogP contribution in [0, 0.1) is 0 Å². The molecule has 5 heteroatoms. The molecule has 1 saturated heterocycles. The number of carbonyl (C=O) groups is 2. The molecule has 1 N–H and O–H groups in total. The quantitative estimate of drug-likeness (QED) is 0.524. The SMILES string of the molecule is CC(C)(C)OC(=O)[N+]1(C=O)CCCC1O. The number of aliphatic hydroxyl groups excluding tert-OH is 1. The van der Waals surface area contributed by atoms with Crippen LogP contribution < -0.4 is 0 Å². The summed E-state index contributed by atoms with van der Waals surface area (Å²) in [4.78, 5) is 22.8. The number of ether oxygens (including phenoxy) is 1. The molecule has 15 heavy (non-hydrogen) atoms. The Morgan fingerprint density at radius 1 is 1.53 bits per heavy atom. The van der Waals surface area contributed by atoms with Gasteiger partial charge in [0.1, 0.15) is 5.60 Å². The zero-order chi connectivity index (χ0) is 11.7. The predicted molar refractivity (Wildman–Crippen MR) is 52.7 cm³/mol. The molecule has 1 aliphatic rings. The smallest absolute Gasteiger partial charge is 0.414 e. The summed E-state index contributed by atoms with van der Waals surface area (Å²) in [5, 5.41) is 9.65. The lowest BCUT2D eigenvalue weighted by atomic mass is 10.2. The summed E-state index contributed by atoms with van der Waals surface area (Å²) in [6, 6.07) is 0. The Bertz CT molecular complexity index is 271. The van der Waals surface area contributed by atoms with Crippen molar-refractivity contribution in [2.45, 2.75) is 45.4 Å². The number of likely N-dealkylation sites (tertiary alicyclic amines) is 1. The number of aliphatic hydroxyl groups is 1. The monoisotopic (exact) mass is 216 g/mol. The van der Waals surface area contributed by atoms with E-state index < -0.39 is 22.4 Å². The first-order chi connectivity index (χ1) is 6.82. The van der Waals surface area contributed by atoms with Crippen molar-refractivity contribution in [3.05, 3.63) is 0 Å². The highest BCUT2D eigenvalue weighted by Crippen LogP contribution is 2.26. The van der Waals surface area contributed by atoms with Gasteiger partial charge in [-0.05, 0) is 20.8 Å². The van der Waals surface area contributed by atoms with E-state index >= 15 is 0 Å². The average molecular weight is 216 g/mol. The van der Waals surface area contributed by atoms with Crippen LogP contribution >= 0.6 is 0 Å². The first-order valence-electron chi connectivity index (χ1n) is 5.07. The maximum Gasteiger partial charge on any atom is 0.526 e. The van der Waals surface area contributed by atoms with Crippen molar-refractivity contribution in [3.8, 4) is 0 Å². The highest BCUT2D eigenvalue weighted by atomic mass is 16.6. The molecule has 0 radical (unpaired) electrons. The minimum atomic E-state index is -0.961. The molecule has 0 aliphatic carbocycles. The van der Waals surface area contributed by atoms with Crippen LogP contribution in [0.3, 0.4) is 0 Å². The zero-order valence-corrected chi connectivity index (χ0v) is 9.40. The number of hydrogen-bond donors (Lipinski definition) is 1. The van der Waals surface area contributed by atoms with E-state index in [0.29, 0.717) is 25.8 Å². The topological polar surface area (TPSA) is 63.6 Å². The van der Waals surface area contributed by atoms with E-state index in [1.807, 2.05) is 0 Å². The van der Waals surface area contributed by atoms with Gasteiger partial charge in [-0.25, -0.2) is 4.79 Å². The molecule has 0 spiro atoms. The summed E-state index contributed by atoms with van der Waals surface area (Å²) in [7, 11) is 0. The normalized spacial score (nSPS) is 31.3. The minimum Gasteiger partial charge on any atom is -0.414 e. The highest BCUT2D eigenvalue weighted by molar-refractivity contribution is 5.69. The molecule has 0 bridgehead atoms. The lowest BCUT2D eigenvalue weighted by Gasteiger charge is -2.29. The van der Waals surface area contributed by atoms with Gasteiger partial charge in [0.15, 0.2) is 0 Å². The largest absolute Gasteiger partial charge is 0.526 e. The number of quaternary nitrogens is 1. The third-order valence-corrected chi connectivity index (χ3v) is 2.44. The van der Waals surface area contributed by atoms with Crippen LogP contribution in [0.5, 0.6) is 0 Å². The number of rotatable bonds is 1. The molecule has 2 amide bonds. The molecule has 5 nitrogen and oxygen atoms in total. The van der Waals surface area contributed by atoms with E-state index in [1.54, 1.807) is 20.8 Å². The molecule has 1 heterocycles. The van der Waals surface area contributed by atoms with Crippen molar-refractivity contribution in [1.82, 2.24) is 0 Å². The number of imide groups is 1. The minimum absolute atomic E-state index is 0.319. The van der Waals surface area contributed by atoms with Gasteiger partial charge in [0.2, 0.25) is 6.23 Å². The number of nitrogens with zero attached hydrogens (tertiary/aromatic N) is 1. The third kappa shape index (κ3) is 2.35.